The lowest BCUT2D eigenvalue weighted by Gasteiger charge is -2.20. The summed E-state index contributed by atoms with van der Waals surface area (Å²) in [4.78, 5) is 33.3. The van der Waals surface area contributed by atoms with E-state index in [1.165, 1.54) is 5.38 Å². The van der Waals surface area contributed by atoms with Crippen LogP contribution in [0.4, 0.5) is 5.13 Å². The number of rotatable bonds is 10. The first-order valence-electron chi connectivity index (χ1n) is 8.26. The van der Waals surface area contributed by atoms with Gasteiger partial charge in [0.25, 0.3) is 0 Å². The average molecular weight is 453 g/mol. The van der Waals surface area contributed by atoms with Crippen molar-refractivity contribution in [3.05, 3.63) is 11.1 Å². The van der Waals surface area contributed by atoms with Crippen LogP contribution in [0.5, 0.6) is 0 Å². The zero-order chi connectivity index (χ0) is 21.4. The molecule has 1 aromatic heterocycles. The molecule has 0 aliphatic carbocycles. The van der Waals surface area contributed by atoms with E-state index in [0.717, 1.165) is 11.3 Å². The second-order valence-corrected chi connectivity index (χ2v) is 9.86. The van der Waals surface area contributed by atoms with Crippen LogP contribution in [-0.4, -0.2) is 48.1 Å². The summed E-state index contributed by atoms with van der Waals surface area (Å²) in [5.41, 5.74) is 4.70. The van der Waals surface area contributed by atoms with Crippen LogP contribution in [0.1, 0.15) is 40.3 Å². The number of esters is 1. The Morgan fingerprint density at radius 2 is 1.89 bits per heavy atom. The molecule has 0 atom stereocenters. The van der Waals surface area contributed by atoms with Crippen LogP contribution in [0.3, 0.4) is 0 Å². The van der Waals surface area contributed by atoms with Gasteiger partial charge in [0.05, 0.1) is 13.2 Å². The van der Waals surface area contributed by atoms with Gasteiger partial charge in [-0.15, -0.1) is 11.3 Å². The maximum atomic E-state index is 12.6. The monoisotopic (exact) mass is 453 g/mol. The zero-order valence-corrected chi connectivity index (χ0v) is 18.8. The third-order valence-electron chi connectivity index (χ3n) is 2.49. The molecule has 0 amide bonds. The molecule has 158 valence electrons. The molecule has 0 saturated carbocycles. The van der Waals surface area contributed by atoms with E-state index < -0.39 is 30.9 Å². The molecule has 0 spiro atoms. The van der Waals surface area contributed by atoms with Crippen LogP contribution < -0.4 is 5.73 Å². The van der Waals surface area contributed by atoms with Gasteiger partial charge in [-0.2, -0.15) is 0 Å². The van der Waals surface area contributed by atoms with Crippen LogP contribution >= 0.6 is 18.1 Å². The number of oxime groups is 1. The first-order chi connectivity index (χ1) is 13.0. The van der Waals surface area contributed by atoms with E-state index in [-0.39, 0.29) is 29.8 Å². The Kier molecular flexibility index (Phi) is 9.45. The summed E-state index contributed by atoms with van der Waals surface area (Å²) in [7, 11) is 0. The SMILES string of the molecule is CCOP(=S)(OCC)OC(=O)/C(=N/OCC(=O)OC(C)(C)C)c1csc(N)n1. The van der Waals surface area contributed by atoms with Crippen molar-refractivity contribution in [1.29, 1.82) is 0 Å². The van der Waals surface area contributed by atoms with Gasteiger partial charge in [0.15, 0.2) is 5.13 Å². The average Bonchev–Trinajstić information content (AvgIpc) is 2.96. The predicted octanol–water partition coefficient (Wildman–Crippen LogP) is 2.63. The van der Waals surface area contributed by atoms with E-state index >= 15 is 0 Å². The molecule has 0 fully saturated rings. The van der Waals surface area contributed by atoms with Crippen molar-refractivity contribution in [2.75, 3.05) is 25.6 Å². The van der Waals surface area contributed by atoms with Gasteiger partial charge in [-0.05, 0) is 34.6 Å². The van der Waals surface area contributed by atoms with E-state index in [4.69, 9.17) is 40.7 Å². The van der Waals surface area contributed by atoms with Gasteiger partial charge < -0.3 is 19.8 Å². The molecular formula is C15H24N3O7PS2. The van der Waals surface area contributed by atoms with E-state index in [2.05, 4.69) is 10.1 Å². The van der Waals surface area contributed by atoms with Crippen LogP contribution in [0.2, 0.25) is 0 Å². The lowest BCUT2D eigenvalue weighted by Crippen LogP contribution is -2.26. The number of ether oxygens (including phenoxy) is 1. The van der Waals surface area contributed by atoms with E-state index in [0.29, 0.717) is 0 Å². The summed E-state index contributed by atoms with van der Waals surface area (Å²) in [5, 5.41) is 5.36. The fourth-order valence-corrected chi connectivity index (χ4v) is 4.14. The Bertz CT molecular complexity index is 751. The highest BCUT2D eigenvalue weighted by Gasteiger charge is 2.30. The number of carbonyl (C=O) groups is 2. The van der Waals surface area contributed by atoms with Gasteiger partial charge in [0.2, 0.25) is 12.3 Å². The summed E-state index contributed by atoms with van der Waals surface area (Å²) >= 11 is 6.26. The summed E-state index contributed by atoms with van der Waals surface area (Å²) < 4.78 is 20.9. The molecule has 10 nitrogen and oxygen atoms in total. The van der Waals surface area contributed by atoms with Gasteiger partial charge in [0, 0.05) is 17.2 Å². The topological polar surface area (TPSA) is 132 Å². The van der Waals surface area contributed by atoms with Crippen LogP contribution in [-0.2, 0) is 44.5 Å². The number of nitrogens with two attached hydrogens (primary N) is 1. The van der Waals surface area contributed by atoms with Gasteiger partial charge in [0.1, 0.15) is 11.3 Å². The predicted molar refractivity (Wildman–Crippen MR) is 108 cm³/mol. The molecule has 1 heterocycles. The van der Waals surface area contributed by atoms with E-state index in [1.807, 2.05) is 0 Å². The van der Waals surface area contributed by atoms with Crippen molar-refractivity contribution in [3.8, 4) is 0 Å². The molecule has 0 aliphatic heterocycles. The van der Waals surface area contributed by atoms with Gasteiger partial charge in [-0.25, -0.2) is 14.6 Å². The number of hydrogen-bond acceptors (Lipinski definition) is 12. The summed E-state index contributed by atoms with van der Waals surface area (Å²) in [6, 6.07) is 0. The van der Waals surface area contributed by atoms with Gasteiger partial charge in [-0.1, -0.05) is 5.16 Å². The van der Waals surface area contributed by atoms with Crippen molar-refractivity contribution in [3.63, 3.8) is 0 Å². The fraction of sp³-hybridized carbons (Fsp3) is 0.600. The van der Waals surface area contributed by atoms with Crippen molar-refractivity contribution in [2.24, 2.45) is 5.16 Å². The first-order valence-corrected chi connectivity index (χ1v) is 11.7. The number of thiazole rings is 1. The number of carbonyl (C=O) groups excluding carboxylic acids is 2. The lowest BCUT2D eigenvalue weighted by molar-refractivity contribution is -0.160. The minimum atomic E-state index is -3.32. The quantitative estimate of drug-likeness (QED) is 0.244. The second kappa shape index (κ2) is 10.8. The Morgan fingerprint density at radius 1 is 1.29 bits per heavy atom. The molecule has 0 aromatic carbocycles. The van der Waals surface area contributed by atoms with E-state index in [9.17, 15) is 9.59 Å². The first kappa shape index (κ1) is 24.4. The largest absolute Gasteiger partial charge is 0.457 e. The third kappa shape index (κ3) is 8.61. The highest BCUT2D eigenvalue weighted by atomic mass is 32.5. The molecule has 28 heavy (non-hydrogen) atoms. The molecule has 2 N–H and O–H groups in total. The fourth-order valence-electron chi connectivity index (χ4n) is 1.66. The van der Waals surface area contributed by atoms with E-state index in [1.54, 1.807) is 34.6 Å². The zero-order valence-electron chi connectivity index (χ0n) is 16.3. The molecule has 0 radical (unpaired) electrons. The highest BCUT2D eigenvalue weighted by Crippen LogP contribution is 2.50. The number of nitrogens with zero attached hydrogens (tertiary/aromatic N) is 2. The minimum absolute atomic E-state index is 0.103. The van der Waals surface area contributed by atoms with Gasteiger partial charge >= 0.3 is 18.7 Å². The second-order valence-electron chi connectivity index (χ2n) is 6.03. The standard InChI is InChI=1S/C15H24N3O7PS2/c1-6-22-26(27,23-7-2)25-13(20)12(10-9-28-14(16)17-10)18-21-8-11(19)24-15(3,4)5/h9H,6-8H2,1-5H3,(H2,16,17)/b18-12+. The molecule has 0 bridgehead atoms. The third-order valence-corrected chi connectivity index (χ3v) is 5.55. The summed E-state index contributed by atoms with van der Waals surface area (Å²) in [5.74, 6) is -1.63. The van der Waals surface area contributed by atoms with Crippen molar-refractivity contribution < 1.29 is 32.7 Å². The van der Waals surface area contributed by atoms with Crippen LogP contribution in [0.25, 0.3) is 0 Å². The van der Waals surface area contributed by atoms with Crippen LogP contribution in [0.15, 0.2) is 10.5 Å². The molecular weight excluding hydrogens is 429 g/mol. The van der Waals surface area contributed by atoms with Crippen molar-refractivity contribution >= 4 is 52.6 Å². The van der Waals surface area contributed by atoms with Gasteiger partial charge in [-0.3, -0.25) is 9.05 Å². The summed E-state index contributed by atoms with van der Waals surface area (Å²) in [6.07, 6.45) is 0. The Labute approximate surface area is 172 Å². The normalized spacial score (nSPS) is 12.5. The Balaban J connectivity index is 2.98. The van der Waals surface area contributed by atoms with Crippen LogP contribution in [0, 0.1) is 0 Å². The minimum Gasteiger partial charge on any atom is -0.457 e. The molecule has 0 unspecified atom stereocenters. The maximum absolute atomic E-state index is 12.6. The molecule has 1 aromatic rings. The number of nitrogen functional groups attached to an aromatic ring is 1. The number of anilines is 1. The lowest BCUT2D eigenvalue weighted by atomic mass is 10.2. The summed E-state index contributed by atoms with van der Waals surface area (Å²) in [6.45, 7) is 5.06. The number of aromatic nitrogens is 1. The molecule has 1 rings (SSSR count). The smallest absolute Gasteiger partial charge is 0.383 e. The molecule has 0 saturated heterocycles. The van der Waals surface area contributed by atoms with Crippen molar-refractivity contribution in [1.82, 2.24) is 4.98 Å². The Hall–Kier alpha value is -1.59. The highest BCUT2D eigenvalue weighted by molar-refractivity contribution is 8.07. The number of hydrogen-bond donors (Lipinski definition) is 1. The van der Waals surface area contributed by atoms with Crippen molar-refractivity contribution in [2.45, 2.75) is 40.2 Å². The molecule has 0 aliphatic rings. The Morgan fingerprint density at radius 3 is 2.36 bits per heavy atom. The molecule has 13 heteroatoms. The maximum Gasteiger partial charge on any atom is 0.383 e.